The van der Waals surface area contributed by atoms with Gasteiger partial charge in [-0.25, -0.2) is 0 Å². The summed E-state index contributed by atoms with van der Waals surface area (Å²) in [6.07, 6.45) is 3.68. The van der Waals surface area contributed by atoms with Gasteiger partial charge in [-0.05, 0) is 46.7 Å². The van der Waals surface area contributed by atoms with Crippen molar-refractivity contribution in [3.63, 3.8) is 0 Å². The lowest BCUT2D eigenvalue weighted by molar-refractivity contribution is 0.460. The molecule has 0 aliphatic heterocycles. The van der Waals surface area contributed by atoms with Crippen molar-refractivity contribution in [1.82, 2.24) is 0 Å². The van der Waals surface area contributed by atoms with Gasteiger partial charge in [0.1, 0.15) is 0 Å². The molecule has 0 spiro atoms. The van der Waals surface area contributed by atoms with Crippen LogP contribution >= 0.6 is 22.7 Å². The van der Waals surface area contributed by atoms with Crippen molar-refractivity contribution in [2.75, 3.05) is 0 Å². The zero-order valence-electron chi connectivity index (χ0n) is 9.90. The maximum absolute atomic E-state index is 2.32. The van der Waals surface area contributed by atoms with E-state index in [2.05, 4.69) is 48.2 Å². The summed E-state index contributed by atoms with van der Waals surface area (Å²) in [6, 6.07) is 6.76. The molecular weight excluding hydrogens is 232 g/mol. The summed E-state index contributed by atoms with van der Waals surface area (Å²) in [5.74, 6) is 0. The van der Waals surface area contributed by atoms with Gasteiger partial charge in [0.05, 0.1) is 0 Å². The maximum atomic E-state index is 2.32. The van der Waals surface area contributed by atoms with E-state index in [4.69, 9.17) is 0 Å². The Labute approximate surface area is 106 Å². The molecule has 0 N–H and O–H groups in total. The van der Waals surface area contributed by atoms with Crippen LogP contribution in [-0.2, 0) is 5.41 Å². The number of rotatable bonds is 5. The van der Waals surface area contributed by atoms with E-state index in [1.54, 1.807) is 0 Å². The molecule has 2 aromatic heterocycles. The minimum atomic E-state index is 0.267. The van der Waals surface area contributed by atoms with Crippen LogP contribution in [0.25, 0.3) is 0 Å². The Morgan fingerprint density at radius 1 is 1.19 bits per heavy atom. The van der Waals surface area contributed by atoms with Gasteiger partial charge in [0.25, 0.3) is 0 Å². The fraction of sp³-hybridized carbons (Fsp3) is 0.429. The topological polar surface area (TPSA) is 0 Å². The van der Waals surface area contributed by atoms with Crippen molar-refractivity contribution in [3.05, 3.63) is 44.8 Å². The highest BCUT2D eigenvalue weighted by Gasteiger charge is 2.32. The van der Waals surface area contributed by atoms with Crippen LogP contribution in [0.3, 0.4) is 0 Å². The van der Waals surface area contributed by atoms with Gasteiger partial charge in [0.15, 0.2) is 0 Å². The average Bonchev–Trinajstić information content (AvgIpc) is 2.98. The van der Waals surface area contributed by atoms with E-state index in [9.17, 15) is 0 Å². The third-order valence-corrected chi connectivity index (χ3v) is 5.10. The van der Waals surface area contributed by atoms with E-state index in [0.29, 0.717) is 0 Å². The summed E-state index contributed by atoms with van der Waals surface area (Å²) < 4.78 is 0. The summed E-state index contributed by atoms with van der Waals surface area (Å²) in [4.78, 5) is 1.52. The Morgan fingerprint density at radius 3 is 2.56 bits per heavy atom. The zero-order valence-corrected chi connectivity index (χ0v) is 11.5. The predicted molar refractivity (Wildman–Crippen MR) is 74.6 cm³/mol. The Morgan fingerprint density at radius 2 is 2.06 bits per heavy atom. The molecule has 0 saturated heterocycles. The quantitative estimate of drug-likeness (QED) is 0.675. The summed E-state index contributed by atoms with van der Waals surface area (Å²) in [7, 11) is 0. The van der Waals surface area contributed by atoms with Crippen LogP contribution in [0.2, 0.25) is 0 Å². The summed E-state index contributed by atoms with van der Waals surface area (Å²) >= 11 is 3.71. The van der Waals surface area contributed by atoms with Crippen molar-refractivity contribution in [3.8, 4) is 0 Å². The third-order valence-electron chi connectivity index (χ3n) is 3.35. The summed E-state index contributed by atoms with van der Waals surface area (Å²) in [6.45, 7) is 4.59. The molecule has 86 valence electrons. The van der Waals surface area contributed by atoms with Crippen LogP contribution < -0.4 is 0 Å². The second kappa shape index (κ2) is 5.15. The lowest BCUT2D eigenvalue weighted by atomic mass is 9.74. The van der Waals surface area contributed by atoms with Crippen LogP contribution in [0, 0.1) is 0 Å². The Balaban J connectivity index is 2.47. The molecule has 0 aliphatic carbocycles. The van der Waals surface area contributed by atoms with Crippen LogP contribution in [0.4, 0.5) is 0 Å². The van der Waals surface area contributed by atoms with E-state index in [-0.39, 0.29) is 5.41 Å². The third kappa shape index (κ3) is 1.96. The average molecular weight is 250 g/mol. The molecule has 1 atom stereocenters. The van der Waals surface area contributed by atoms with Crippen molar-refractivity contribution in [2.24, 2.45) is 0 Å². The van der Waals surface area contributed by atoms with Crippen LogP contribution in [0.1, 0.15) is 43.6 Å². The lowest BCUT2D eigenvalue weighted by Gasteiger charge is -2.31. The molecular formula is C14H18S2. The van der Waals surface area contributed by atoms with Crippen LogP contribution in [0.15, 0.2) is 34.3 Å². The number of hydrogen-bond acceptors (Lipinski definition) is 2. The Kier molecular flexibility index (Phi) is 3.82. The first-order valence-electron chi connectivity index (χ1n) is 5.90. The van der Waals surface area contributed by atoms with Crippen molar-refractivity contribution >= 4 is 22.7 Å². The summed E-state index contributed by atoms with van der Waals surface area (Å²) in [5.41, 5.74) is 1.77. The zero-order chi connectivity index (χ0) is 11.4. The minimum Gasteiger partial charge on any atom is -0.152 e. The first-order chi connectivity index (χ1) is 7.83. The fourth-order valence-electron chi connectivity index (χ4n) is 2.48. The van der Waals surface area contributed by atoms with Gasteiger partial charge in [-0.2, -0.15) is 11.3 Å². The molecule has 0 nitrogen and oxygen atoms in total. The smallest absolute Gasteiger partial charge is 0.0302 e. The molecule has 2 rings (SSSR count). The second-order valence-corrected chi connectivity index (χ2v) is 5.90. The van der Waals surface area contributed by atoms with Gasteiger partial charge in [0.2, 0.25) is 0 Å². The molecule has 0 bridgehead atoms. The molecule has 16 heavy (non-hydrogen) atoms. The Bertz CT molecular complexity index is 364. The monoisotopic (exact) mass is 250 g/mol. The molecule has 2 heterocycles. The molecule has 0 aromatic carbocycles. The van der Waals surface area contributed by atoms with Gasteiger partial charge in [0, 0.05) is 10.3 Å². The van der Waals surface area contributed by atoms with Crippen molar-refractivity contribution in [1.29, 1.82) is 0 Å². The Hall–Kier alpha value is -0.600. The van der Waals surface area contributed by atoms with E-state index in [1.807, 2.05) is 22.7 Å². The SMILES string of the molecule is CCCC(CC)(c1ccsc1)c1cccs1. The van der Waals surface area contributed by atoms with Gasteiger partial charge in [-0.3, -0.25) is 0 Å². The fourth-order valence-corrected chi connectivity index (χ4v) is 4.28. The molecule has 0 radical (unpaired) electrons. The maximum Gasteiger partial charge on any atom is 0.0302 e. The highest BCUT2D eigenvalue weighted by atomic mass is 32.1. The molecule has 0 saturated carbocycles. The van der Waals surface area contributed by atoms with Crippen LogP contribution in [-0.4, -0.2) is 0 Å². The predicted octanol–water partition coefficient (Wildman–Crippen LogP) is 5.31. The van der Waals surface area contributed by atoms with Crippen LogP contribution in [0.5, 0.6) is 0 Å². The highest BCUT2D eigenvalue weighted by Crippen LogP contribution is 2.42. The molecule has 0 amide bonds. The lowest BCUT2D eigenvalue weighted by Crippen LogP contribution is -2.24. The van der Waals surface area contributed by atoms with Gasteiger partial charge < -0.3 is 0 Å². The first-order valence-corrected chi connectivity index (χ1v) is 7.72. The summed E-state index contributed by atoms with van der Waals surface area (Å²) in [5, 5.41) is 6.71. The number of thiophene rings is 2. The van der Waals surface area contributed by atoms with Gasteiger partial charge in [-0.15, -0.1) is 11.3 Å². The van der Waals surface area contributed by atoms with Gasteiger partial charge in [-0.1, -0.05) is 26.3 Å². The molecule has 0 fully saturated rings. The van der Waals surface area contributed by atoms with Crippen molar-refractivity contribution in [2.45, 2.75) is 38.5 Å². The second-order valence-electron chi connectivity index (χ2n) is 4.17. The standard InChI is InChI=1S/C14H18S2/c1-3-8-14(4-2,12-7-10-15-11-12)13-6-5-9-16-13/h5-7,9-11H,3-4,8H2,1-2H3. The number of hydrogen-bond donors (Lipinski definition) is 0. The van der Waals surface area contributed by atoms with E-state index in [1.165, 1.54) is 29.7 Å². The van der Waals surface area contributed by atoms with Gasteiger partial charge >= 0.3 is 0 Å². The van der Waals surface area contributed by atoms with Crippen molar-refractivity contribution < 1.29 is 0 Å². The first kappa shape index (κ1) is 11.9. The van der Waals surface area contributed by atoms with E-state index >= 15 is 0 Å². The van der Waals surface area contributed by atoms with E-state index in [0.717, 1.165) is 0 Å². The van der Waals surface area contributed by atoms with E-state index < -0.39 is 0 Å². The molecule has 1 unspecified atom stereocenters. The normalized spacial score (nSPS) is 14.9. The molecule has 2 aromatic rings. The molecule has 2 heteroatoms. The largest absolute Gasteiger partial charge is 0.152 e. The highest BCUT2D eigenvalue weighted by molar-refractivity contribution is 7.10. The molecule has 0 aliphatic rings. The minimum absolute atomic E-state index is 0.267.